The highest BCUT2D eigenvalue weighted by Crippen LogP contribution is 2.09. The monoisotopic (exact) mass is 339 g/mol. The van der Waals surface area contributed by atoms with Gasteiger partial charge in [-0.1, -0.05) is 24.3 Å². The topological polar surface area (TPSA) is 74.8 Å². The van der Waals surface area contributed by atoms with Crippen LogP contribution in [0.2, 0.25) is 0 Å². The highest BCUT2D eigenvalue weighted by Gasteiger charge is 2.07. The highest BCUT2D eigenvalue weighted by molar-refractivity contribution is 5.78. The van der Waals surface area contributed by atoms with E-state index in [1.807, 2.05) is 6.07 Å². The summed E-state index contributed by atoms with van der Waals surface area (Å²) in [5, 5.41) is 3.27. The number of carbonyl (C=O) groups excluding carboxylic acids is 1. The van der Waals surface area contributed by atoms with Crippen molar-refractivity contribution in [1.82, 2.24) is 15.3 Å². The molecule has 128 valence electrons. The number of fused-ring (bicyclic) bond motifs is 1. The van der Waals surface area contributed by atoms with Crippen LogP contribution in [0.4, 0.5) is 4.39 Å². The fourth-order valence-corrected chi connectivity index (χ4v) is 2.52. The van der Waals surface area contributed by atoms with Crippen molar-refractivity contribution in [1.29, 1.82) is 0 Å². The first kappa shape index (κ1) is 16.8. The van der Waals surface area contributed by atoms with Crippen LogP contribution in [0.15, 0.2) is 47.3 Å². The molecule has 0 radical (unpaired) electrons. The lowest BCUT2D eigenvalue weighted by atomic mass is 10.1. The average Bonchev–Trinajstić information content (AvgIpc) is 2.61. The minimum Gasteiger partial charge on any atom is -0.352 e. The van der Waals surface area contributed by atoms with Crippen LogP contribution < -0.4 is 10.9 Å². The summed E-state index contributed by atoms with van der Waals surface area (Å²) in [4.78, 5) is 31.0. The van der Waals surface area contributed by atoms with Gasteiger partial charge < -0.3 is 10.3 Å². The van der Waals surface area contributed by atoms with Gasteiger partial charge in [0.15, 0.2) is 0 Å². The van der Waals surface area contributed by atoms with Crippen LogP contribution in [0, 0.1) is 12.7 Å². The summed E-state index contributed by atoms with van der Waals surface area (Å²) in [6.45, 7) is 1.95. The second-order valence-corrected chi connectivity index (χ2v) is 5.89. The smallest absolute Gasteiger partial charge is 0.258 e. The molecule has 1 heterocycles. The molecule has 1 aromatic heterocycles. The number of rotatable bonds is 5. The first-order valence-corrected chi connectivity index (χ1v) is 8.02. The van der Waals surface area contributed by atoms with Gasteiger partial charge in [0, 0.05) is 19.4 Å². The Hall–Kier alpha value is -3.02. The highest BCUT2D eigenvalue weighted by atomic mass is 19.1. The third-order valence-electron chi connectivity index (χ3n) is 3.98. The maximum atomic E-state index is 13.5. The molecule has 0 aliphatic carbocycles. The van der Waals surface area contributed by atoms with E-state index in [-0.39, 0.29) is 30.2 Å². The summed E-state index contributed by atoms with van der Waals surface area (Å²) in [5.74, 6) is 0.00158. The number of carbonyl (C=O) groups is 1. The number of halogens is 1. The number of aryl methyl sites for hydroxylation is 2. The largest absolute Gasteiger partial charge is 0.352 e. The molecule has 0 aliphatic rings. The van der Waals surface area contributed by atoms with Crippen LogP contribution in [0.1, 0.15) is 23.4 Å². The summed E-state index contributed by atoms with van der Waals surface area (Å²) in [6, 6.07) is 11.9. The predicted octanol–water partition coefficient (Wildman–Crippen LogP) is 2.62. The van der Waals surface area contributed by atoms with Crippen molar-refractivity contribution in [2.75, 3.05) is 0 Å². The summed E-state index contributed by atoms with van der Waals surface area (Å²) < 4.78 is 13.5. The fraction of sp³-hybridized carbons (Fsp3) is 0.211. The van der Waals surface area contributed by atoms with Crippen LogP contribution in [-0.2, 0) is 17.8 Å². The maximum absolute atomic E-state index is 13.5. The molecule has 25 heavy (non-hydrogen) atoms. The zero-order valence-electron chi connectivity index (χ0n) is 13.8. The van der Waals surface area contributed by atoms with Crippen molar-refractivity contribution in [2.24, 2.45) is 0 Å². The van der Waals surface area contributed by atoms with Crippen LogP contribution in [0.3, 0.4) is 0 Å². The van der Waals surface area contributed by atoms with E-state index < -0.39 is 0 Å². The van der Waals surface area contributed by atoms with E-state index in [1.165, 1.54) is 6.07 Å². The van der Waals surface area contributed by atoms with E-state index in [4.69, 9.17) is 0 Å². The lowest BCUT2D eigenvalue weighted by Gasteiger charge is -2.07. The summed E-state index contributed by atoms with van der Waals surface area (Å²) in [5.41, 5.74) is 1.67. The molecule has 5 nitrogen and oxygen atoms in total. The van der Waals surface area contributed by atoms with Gasteiger partial charge in [0.1, 0.15) is 11.6 Å². The first-order valence-electron chi connectivity index (χ1n) is 8.02. The Morgan fingerprint density at radius 3 is 2.84 bits per heavy atom. The minimum absolute atomic E-state index is 0.184. The van der Waals surface area contributed by atoms with E-state index >= 15 is 0 Å². The number of nitrogens with zero attached hydrogens (tertiary/aromatic N) is 1. The third-order valence-corrected chi connectivity index (χ3v) is 3.98. The van der Waals surface area contributed by atoms with Crippen LogP contribution in [0.25, 0.3) is 10.9 Å². The quantitative estimate of drug-likeness (QED) is 0.750. The van der Waals surface area contributed by atoms with Gasteiger partial charge in [-0.25, -0.2) is 9.37 Å². The van der Waals surface area contributed by atoms with E-state index in [0.717, 1.165) is 0 Å². The molecular weight excluding hydrogens is 321 g/mol. The number of para-hydroxylation sites is 1. The number of aromatic amines is 1. The van der Waals surface area contributed by atoms with Crippen LogP contribution in [-0.4, -0.2) is 15.9 Å². The molecule has 2 N–H and O–H groups in total. The molecule has 0 unspecified atom stereocenters. The van der Waals surface area contributed by atoms with E-state index in [9.17, 15) is 14.0 Å². The number of nitrogens with one attached hydrogen (secondary N) is 2. The normalized spacial score (nSPS) is 10.8. The van der Waals surface area contributed by atoms with Gasteiger partial charge in [0.2, 0.25) is 5.91 Å². The summed E-state index contributed by atoms with van der Waals surface area (Å²) in [6.07, 6.45) is 0.518. The molecule has 6 heteroatoms. The van der Waals surface area contributed by atoms with Gasteiger partial charge in [-0.15, -0.1) is 0 Å². The fourth-order valence-electron chi connectivity index (χ4n) is 2.52. The van der Waals surface area contributed by atoms with Crippen molar-refractivity contribution in [3.05, 3.63) is 75.6 Å². The molecule has 0 atom stereocenters. The Labute approximate surface area is 143 Å². The van der Waals surface area contributed by atoms with Gasteiger partial charge in [0.05, 0.1) is 10.9 Å². The molecule has 0 saturated carbocycles. The van der Waals surface area contributed by atoms with Gasteiger partial charge in [0.25, 0.3) is 5.56 Å². The SMILES string of the molecule is Cc1ccc(CNC(=O)CCc2nc3ccccc3c(=O)[nH]2)cc1F. The molecule has 0 saturated heterocycles. The Bertz CT molecular complexity index is 982. The van der Waals surface area contributed by atoms with Gasteiger partial charge >= 0.3 is 0 Å². The lowest BCUT2D eigenvalue weighted by molar-refractivity contribution is -0.121. The Morgan fingerprint density at radius 2 is 2.04 bits per heavy atom. The molecule has 0 spiro atoms. The third kappa shape index (κ3) is 4.09. The Kier molecular flexibility index (Phi) is 4.88. The summed E-state index contributed by atoms with van der Waals surface area (Å²) >= 11 is 0. The van der Waals surface area contributed by atoms with Gasteiger partial charge in [-0.05, 0) is 36.2 Å². The molecule has 2 aromatic carbocycles. The van der Waals surface area contributed by atoms with Crippen molar-refractivity contribution in [3.8, 4) is 0 Å². The number of benzene rings is 2. The predicted molar refractivity (Wildman–Crippen MR) is 93.7 cm³/mol. The second kappa shape index (κ2) is 7.25. The van der Waals surface area contributed by atoms with E-state index in [0.29, 0.717) is 34.3 Å². The second-order valence-electron chi connectivity index (χ2n) is 5.89. The zero-order chi connectivity index (χ0) is 17.8. The van der Waals surface area contributed by atoms with Gasteiger partial charge in [-0.2, -0.15) is 0 Å². The Morgan fingerprint density at radius 1 is 1.24 bits per heavy atom. The van der Waals surface area contributed by atoms with Crippen molar-refractivity contribution < 1.29 is 9.18 Å². The summed E-state index contributed by atoms with van der Waals surface area (Å²) in [7, 11) is 0. The molecule has 1 amide bonds. The number of hydrogen-bond donors (Lipinski definition) is 2. The minimum atomic E-state index is -0.287. The molecule has 0 fully saturated rings. The van der Waals surface area contributed by atoms with E-state index in [1.54, 1.807) is 37.3 Å². The van der Waals surface area contributed by atoms with Crippen molar-refractivity contribution in [3.63, 3.8) is 0 Å². The van der Waals surface area contributed by atoms with Crippen LogP contribution in [0.5, 0.6) is 0 Å². The first-order chi connectivity index (χ1) is 12.0. The average molecular weight is 339 g/mol. The zero-order valence-corrected chi connectivity index (χ0v) is 13.8. The van der Waals surface area contributed by atoms with Crippen molar-refractivity contribution in [2.45, 2.75) is 26.3 Å². The molecular formula is C19H18FN3O2. The molecule has 0 aliphatic heterocycles. The number of aromatic nitrogens is 2. The lowest BCUT2D eigenvalue weighted by Crippen LogP contribution is -2.24. The number of H-pyrrole nitrogens is 1. The standard InChI is InChI=1S/C19H18FN3O2/c1-12-6-7-13(10-15(12)20)11-21-18(24)9-8-17-22-16-5-3-2-4-14(16)19(25)23-17/h2-7,10H,8-9,11H2,1H3,(H,21,24)(H,22,23,25). The molecule has 0 bridgehead atoms. The maximum Gasteiger partial charge on any atom is 0.258 e. The van der Waals surface area contributed by atoms with Crippen molar-refractivity contribution >= 4 is 16.8 Å². The Balaban J connectivity index is 1.58. The molecule has 3 rings (SSSR count). The van der Waals surface area contributed by atoms with E-state index in [2.05, 4.69) is 15.3 Å². The van der Waals surface area contributed by atoms with Gasteiger partial charge in [-0.3, -0.25) is 9.59 Å². The van der Waals surface area contributed by atoms with Crippen LogP contribution >= 0.6 is 0 Å². The number of amides is 1. The molecule has 3 aromatic rings. The number of hydrogen-bond acceptors (Lipinski definition) is 3.